The standard InChI is InChI=1S/C9H11FN2/c10-8-1-7(4-12-5-8)9-2-6(9)3-11/h1,4-6,9H,2-3,11H2. The zero-order valence-electron chi connectivity index (χ0n) is 6.70. The molecule has 0 spiro atoms. The van der Waals surface area contributed by atoms with Crippen molar-refractivity contribution < 1.29 is 4.39 Å². The van der Waals surface area contributed by atoms with Crippen molar-refractivity contribution in [3.8, 4) is 0 Å². The van der Waals surface area contributed by atoms with Crippen LogP contribution in [-0.4, -0.2) is 11.5 Å². The highest BCUT2D eigenvalue weighted by molar-refractivity contribution is 5.23. The lowest BCUT2D eigenvalue weighted by atomic mass is 10.1. The topological polar surface area (TPSA) is 38.9 Å². The van der Waals surface area contributed by atoms with Crippen molar-refractivity contribution in [2.24, 2.45) is 11.7 Å². The van der Waals surface area contributed by atoms with E-state index in [-0.39, 0.29) is 5.82 Å². The first-order valence-corrected chi connectivity index (χ1v) is 4.12. The smallest absolute Gasteiger partial charge is 0.141 e. The highest BCUT2D eigenvalue weighted by Crippen LogP contribution is 2.46. The van der Waals surface area contributed by atoms with Crippen LogP contribution in [0.15, 0.2) is 18.5 Å². The summed E-state index contributed by atoms with van der Waals surface area (Å²) in [5.41, 5.74) is 6.48. The van der Waals surface area contributed by atoms with Crippen LogP contribution in [0.1, 0.15) is 17.9 Å². The number of rotatable bonds is 2. The molecule has 12 heavy (non-hydrogen) atoms. The maximum atomic E-state index is 12.7. The Kier molecular flexibility index (Phi) is 1.81. The van der Waals surface area contributed by atoms with Gasteiger partial charge in [-0.05, 0) is 36.4 Å². The molecule has 1 saturated carbocycles. The molecule has 0 bridgehead atoms. The van der Waals surface area contributed by atoms with Crippen LogP contribution in [-0.2, 0) is 0 Å². The Hall–Kier alpha value is -0.960. The van der Waals surface area contributed by atoms with E-state index < -0.39 is 0 Å². The van der Waals surface area contributed by atoms with Gasteiger partial charge in [0.05, 0.1) is 6.20 Å². The molecular weight excluding hydrogens is 155 g/mol. The van der Waals surface area contributed by atoms with E-state index in [2.05, 4.69) is 4.98 Å². The molecule has 0 aromatic carbocycles. The highest BCUT2D eigenvalue weighted by atomic mass is 19.1. The third-order valence-corrected chi connectivity index (χ3v) is 2.38. The summed E-state index contributed by atoms with van der Waals surface area (Å²) in [6, 6.07) is 1.55. The molecule has 64 valence electrons. The molecule has 0 saturated heterocycles. The minimum absolute atomic E-state index is 0.254. The number of halogens is 1. The van der Waals surface area contributed by atoms with Crippen LogP contribution in [0.2, 0.25) is 0 Å². The largest absolute Gasteiger partial charge is 0.330 e. The predicted octanol–water partition coefficient (Wildman–Crippen LogP) is 1.28. The zero-order chi connectivity index (χ0) is 8.55. The lowest BCUT2D eigenvalue weighted by Crippen LogP contribution is -2.02. The Balaban J connectivity index is 2.14. The van der Waals surface area contributed by atoms with Crippen molar-refractivity contribution >= 4 is 0 Å². The summed E-state index contributed by atoms with van der Waals surface area (Å²) >= 11 is 0. The molecule has 2 nitrogen and oxygen atoms in total. The second-order valence-electron chi connectivity index (χ2n) is 3.27. The van der Waals surface area contributed by atoms with E-state index in [9.17, 15) is 4.39 Å². The first kappa shape index (κ1) is 7.68. The van der Waals surface area contributed by atoms with Gasteiger partial charge in [0, 0.05) is 6.20 Å². The maximum Gasteiger partial charge on any atom is 0.141 e. The molecule has 2 N–H and O–H groups in total. The van der Waals surface area contributed by atoms with E-state index in [0.29, 0.717) is 18.4 Å². The zero-order valence-corrected chi connectivity index (χ0v) is 6.70. The first-order chi connectivity index (χ1) is 5.81. The number of aromatic nitrogens is 1. The van der Waals surface area contributed by atoms with Gasteiger partial charge < -0.3 is 5.73 Å². The quantitative estimate of drug-likeness (QED) is 0.718. The summed E-state index contributed by atoms with van der Waals surface area (Å²) in [4.78, 5) is 3.80. The SMILES string of the molecule is NCC1CC1c1cncc(F)c1. The predicted molar refractivity (Wildman–Crippen MR) is 44.1 cm³/mol. The molecule has 1 fully saturated rings. The van der Waals surface area contributed by atoms with Crippen LogP contribution >= 0.6 is 0 Å². The molecule has 0 radical (unpaired) electrons. The molecule has 1 aromatic rings. The van der Waals surface area contributed by atoms with Gasteiger partial charge >= 0.3 is 0 Å². The van der Waals surface area contributed by atoms with Gasteiger partial charge in [0.15, 0.2) is 0 Å². The van der Waals surface area contributed by atoms with E-state index >= 15 is 0 Å². The van der Waals surface area contributed by atoms with Gasteiger partial charge in [-0.25, -0.2) is 4.39 Å². The molecule has 2 atom stereocenters. The van der Waals surface area contributed by atoms with Crippen LogP contribution in [0, 0.1) is 11.7 Å². The molecule has 1 heterocycles. The van der Waals surface area contributed by atoms with Gasteiger partial charge in [0.25, 0.3) is 0 Å². The van der Waals surface area contributed by atoms with Crippen molar-refractivity contribution in [1.82, 2.24) is 4.98 Å². The number of nitrogens with zero attached hydrogens (tertiary/aromatic N) is 1. The fourth-order valence-corrected chi connectivity index (χ4v) is 1.55. The van der Waals surface area contributed by atoms with Crippen molar-refractivity contribution in [2.45, 2.75) is 12.3 Å². The number of hydrogen-bond acceptors (Lipinski definition) is 2. The first-order valence-electron chi connectivity index (χ1n) is 4.12. The Morgan fingerprint density at radius 1 is 1.58 bits per heavy atom. The molecule has 0 aliphatic heterocycles. The van der Waals surface area contributed by atoms with E-state index in [0.717, 1.165) is 12.0 Å². The van der Waals surface area contributed by atoms with Gasteiger partial charge in [-0.15, -0.1) is 0 Å². The average molecular weight is 166 g/mol. The lowest BCUT2D eigenvalue weighted by molar-refractivity contribution is 0.617. The highest BCUT2D eigenvalue weighted by Gasteiger charge is 2.37. The summed E-state index contributed by atoms with van der Waals surface area (Å²) in [5, 5.41) is 0. The molecule has 1 aromatic heterocycles. The molecule has 3 heteroatoms. The fourth-order valence-electron chi connectivity index (χ4n) is 1.55. The molecule has 0 amide bonds. The van der Waals surface area contributed by atoms with Gasteiger partial charge in [0.1, 0.15) is 5.82 Å². The second kappa shape index (κ2) is 2.83. The fraction of sp³-hybridized carbons (Fsp3) is 0.444. The van der Waals surface area contributed by atoms with Gasteiger partial charge in [0.2, 0.25) is 0 Å². The van der Waals surface area contributed by atoms with Crippen LogP contribution < -0.4 is 5.73 Å². The Labute approximate surface area is 70.6 Å². The number of pyridine rings is 1. The van der Waals surface area contributed by atoms with Crippen LogP contribution in [0.3, 0.4) is 0 Å². The third kappa shape index (κ3) is 1.32. The summed E-state index contributed by atoms with van der Waals surface area (Å²) in [5.74, 6) is 0.752. The summed E-state index contributed by atoms with van der Waals surface area (Å²) in [7, 11) is 0. The van der Waals surface area contributed by atoms with Crippen LogP contribution in [0.4, 0.5) is 4.39 Å². The Bertz CT molecular complexity index is 288. The van der Waals surface area contributed by atoms with Gasteiger partial charge in [-0.3, -0.25) is 4.98 Å². The lowest BCUT2D eigenvalue weighted by Gasteiger charge is -1.97. The normalized spacial score (nSPS) is 27.2. The van der Waals surface area contributed by atoms with E-state index in [1.807, 2.05) is 0 Å². The molecule has 1 aliphatic carbocycles. The van der Waals surface area contributed by atoms with Crippen molar-refractivity contribution in [2.75, 3.05) is 6.54 Å². The Morgan fingerprint density at radius 2 is 2.42 bits per heavy atom. The van der Waals surface area contributed by atoms with Gasteiger partial charge in [-0.1, -0.05) is 0 Å². The third-order valence-electron chi connectivity index (χ3n) is 2.38. The molecule has 1 aliphatic rings. The summed E-state index contributed by atoms with van der Waals surface area (Å²) in [6.07, 6.45) is 4.04. The Morgan fingerprint density at radius 3 is 3.00 bits per heavy atom. The maximum absolute atomic E-state index is 12.7. The minimum atomic E-state index is -0.254. The van der Waals surface area contributed by atoms with E-state index in [4.69, 9.17) is 5.73 Å². The van der Waals surface area contributed by atoms with E-state index in [1.165, 1.54) is 6.20 Å². The molecule has 2 rings (SSSR count). The van der Waals surface area contributed by atoms with Gasteiger partial charge in [-0.2, -0.15) is 0 Å². The van der Waals surface area contributed by atoms with E-state index in [1.54, 1.807) is 12.3 Å². The minimum Gasteiger partial charge on any atom is -0.330 e. The second-order valence-corrected chi connectivity index (χ2v) is 3.27. The number of nitrogens with two attached hydrogens (primary N) is 1. The number of hydrogen-bond donors (Lipinski definition) is 1. The van der Waals surface area contributed by atoms with Crippen LogP contribution in [0.25, 0.3) is 0 Å². The van der Waals surface area contributed by atoms with Crippen LogP contribution in [0.5, 0.6) is 0 Å². The summed E-state index contributed by atoms with van der Waals surface area (Å²) < 4.78 is 12.7. The molecule has 2 unspecified atom stereocenters. The molecular formula is C9H11FN2. The average Bonchev–Trinajstić information content (AvgIpc) is 2.83. The summed E-state index contributed by atoms with van der Waals surface area (Å²) in [6.45, 7) is 0.696. The monoisotopic (exact) mass is 166 g/mol. The van der Waals surface area contributed by atoms with Crippen molar-refractivity contribution in [3.63, 3.8) is 0 Å². The van der Waals surface area contributed by atoms with Crippen molar-refractivity contribution in [1.29, 1.82) is 0 Å². The van der Waals surface area contributed by atoms with Crippen molar-refractivity contribution in [3.05, 3.63) is 29.8 Å².